The van der Waals surface area contributed by atoms with Crippen molar-refractivity contribution in [2.45, 2.75) is 33.7 Å². The Hall–Kier alpha value is -3.48. The largest absolute Gasteiger partial charge is 0.372 e. The van der Waals surface area contributed by atoms with Gasteiger partial charge in [0.15, 0.2) is 5.69 Å². The van der Waals surface area contributed by atoms with Crippen LogP contribution in [0.15, 0.2) is 58.4 Å². The molecule has 3 rings (SSSR count). The molecule has 7 nitrogen and oxygen atoms in total. The van der Waals surface area contributed by atoms with Crippen LogP contribution in [0.4, 0.5) is 5.69 Å². The Labute approximate surface area is 176 Å². The van der Waals surface area contributed by atoms with E-state index in [1.165, 1.54) is 4.68 Å². The van der Waals surface area contributed by atoms with E-state index >= 15 is 0 Å². The molecule has 1 N–H and O–H groups in total. The molecule has 7 heteroatoms. The summed E-state index contributed by atoms with van der Waals surface area (Å²) in [5.74, 6) is -0.452. The second-order valence-electron chi connectivity index (χ2n) is 6.89. The van der Waals surface area contributed by atoms with E-state index in [-0.39, 0.29) is 11.3 Å². The van der Waals surface area contributed by atoms with Gasteiger partial charge in [-0.15, -0.1) is 0 Å². The second kappa shape index (κ2) is 9.82. The number of benzene rings is 2. The smallest absolute Gasteiger partial charge is 0.292 e. The molecular weight excluding hydrogens is 378 g/mol. The van der Waals surface area contributed by atoms with Gasteiger partial charge < -0.3 is 4.90 Å². The van der Waals surface area contributed by atoms with Crippen molar-refractivity contribution in [1.29, 1.82) is 0 Å². The third-order valence-corrected chi connectivity index (χ3v) is 4.92. The first-order chi connectivity index (χ1) is 14.6. The maximum Gasteiger partial charge on any atom is 0.292 e. The Kier molecular flexibility index (Phi) is 6.95. The first-order valence-electron chi connectivity index (χ1n) is 10.3. The Morgan fingerprint density at radius 2 is 1.73 bits per heavy atom. The molecule has 0 saturated carbocycles. The number of carbonyl (C=O) groups excluding carboxylic acids is 1. The Morgan fingerprint density at radius 3 is 2.37 bits per heavy atom. The number of carbonyl (C=O) groups is 1. The highest BCUT2D eigenvalue weighted by Gasteiger charge is 2.16. The van der Waals surface area contributed by atoms with Crippen LogP contribution in [0, 0.1) is 0 Å². The van der Waals surface area contributed by atoms with Crippen LogP contribution in [-0.4, -0.2) is 35.0 Å². The lowest BCUT2D eigenvalue weighted by atomic mass is 10.1. The van der Waals surface area contributed by atoms with Crippen molar-refractivity contribution in [2.75, 3.05) is 18.0 Å². The number of anilines is 1. The third-order valence-electron chi connectivity index (χ3n) is 4.92. The molecule has 1 amide bonds. The molecule has 0 aliphatic heterocycles. The minimum Gasteiger partial charge on any atom is -0.372 e. The molecule has 0 saturated heterocycles. The van der Waals surface area contributed by atoms with Gasteiger partial charge in [-0.2, -0.15) is 10.2 Å². The van der Waals surface area contributed by atoms with Crippen LogP contribution < -0.4 is 15.9 Å². The summed E-state index contributed by atoms with van der Waals surface area (Å²) in [4.78, 5) is 27.5. The SMILES string of the molecule is CCCn1nc(C(=O)N/N=C/c2ccc(N(CC)CC)cc2)c2ccccc2c1=O. The van der Waals surface area contributed by atoms with Gasteiger partial charge in [-0.1, -0.05) is 37.3 Å². The summed E-state index contributed by atoms with van der Waals surface area (Å²) in [6, 6.07) is 15.0. The summed E-state index contributed by atoms with van der Waals surface area (Å²) < 4.78 is 1.34. The number of hydrogen-bond acceptors (Lipinski definition) is 5. The van der Waals surface area contributed by atoms with Crippen molar-refractivity contribution in [3.8, 4) is 0 Å². The third kappa shape index (κ3) is 4.56. The Morgan fingerprint density at radius 1 is 1.07 bits per heavy atom. The highest BCUT2D eigenvalue weighted by molar-refractivity contribution is 6.04. The second-order valence-corrected chi connectivity index (χ2v) is 6.89. The average molecular weight is 406 g/mol. The van der Waals surface area contributed by atoms with E-state index in [4.69, 9.17) is 0 Å². The molecule has 0 aliphatic rings. The van der Waals surface area contributed by atoms with Crippen molar-refractivity contribution in [3.63, 3.8) is 0 Å². The highest BCUT2D eigenvalue weighted by atomic mass is 16.2. The van der Waals surface area contributed by atoms with E-state index in [1.54, 1.807) is 30.5 Å². The lowest BCUT2D eigenvalue weighted by Gasteiger charge is -2.20. The lowest BCUT2D eigenvalue weighted by molar-refractivity contribution is 0.0949. The van der Waals surface area contributed by atoms with E-state index in [0.717, 1.165) is 30.8 Å². The number of aromatic nitrogens is 2. The van der Waals surface area contributed by atoms with Gasteiger partial charge in [0.1, 0.15) is 0 Å². The maximum absolute atomic E-state index is 12.7. The van der Waals surface area contributed by atoms with Crippen molar-refractivity contribution in [2.24, 2.45) is 5.10 Å². The number of aryl methyl sites for hydroxylation is 1. The highest BCUT2D eigenvalue weighted by Crippen LogP contribution is 2.15. The predicted molar refractivity (Wildman–Crippen MR) is 121 cm³/mol. The lowest BCUT2D eigenvalue weighted by Crippen LogP contribution is -2.29. The fourth-order valence-electron chi connectivity index (χ4n) is 3.34. The summed E-state index contributed by atoms with van der Waals surface area (Å²) in [5.41, 5.74) is 4.55. The number of nitrogens with one attached hydrogen (secondary N) is 1. The van der Waals surface area contributed by atoms with Crippen molar-refractivity contribution < 1.29 is 4.79 Å². The van der Waals surface area contributed by atoms with E-state index in [1.807, 2.05) is 31.2 Å². The topological polar surface area (TPSA) is 79.6 Å². The molecule has 3 aromatic rings. The van der Waals surface area contributed by atoms with Crippen LogP contribution in [-0.2, 0) is 6.54 Å². The molecule has 1 heterocycles. The van der Waals surface area contributed by atoms with E-state index in [9.17, 15) is 9.59 Å². The summed E-state index contributed by atoms with van der Waals surface area (Å²) in [6.07, 6.45) is 2.34. The van der Waals surface area contributed by atoms with Crippen LogP contribution in [0.25, 0.3) is 10.8 Å². The summed E-state index contributed by atoms with van der Waals surface area (Å²) in [6.45, 7) is 8.54. The fraction of sp³-hybridized carbons (Fsp3) is 0.304. The molecule has 2 aromatic carbocycles. The van der Waals surface area contributed by atoms with Crippen LogP contribution in [0.2, 0.25) is 0 Å². The van der Waals surface area contributed by atoms with Crippen molar-refractivity contribution in [3.05, 3.63) is 70.1 Å². The van der Waals surface area contributed by atoms with Gasteiger partial charge in [-0.05, 0) is 44.0 Å². The molecule has 1 aromatic heterocycles. The Bertz CT molecular complexity index is 1100. The van der Waals surface area contributed by atoms with E-state index in [2.05, 4.69) is 34.4 Å². The molecule has 0 unspecified atom stereocenters. The zero-order chi connectivity index (χ0) is 21.5. The van der Waals surface area contributed by atoms with Crippen molar-refractivity contribution >= 4 is 28.6 Å². The number of rotatable bonds is 8. The fourth-order valence-corrected chi connectivity index (χ4v) is 3.34. The normalized spacial score (nSPS) is 11.2. The average Bonchev–Trinajstić information content (AvgIpc) is 2.77. The van der Waals surface area contributed by atoms with Crippen LogP contribution in [0.5, 0.6) is 0 Å². The monoisotopic (exact) mass is 405 g/mol. The molecule has 0 fully saturated rings. The number of amides is 1. The van der Waals surface area contributed by atoms with Crippen LogP contribution in [0.3, 0.4) is 0 Å². The van der Waals surface area contributed by atoms with E-state index in [0.29, 0.717) is 17.3 Å². The van der Waals surface area contributed by atoms with Gasteiger partial charge in [-0.3, -0.25) is 9.59 Å². The molecule has 156 valence electrons. The molecule has 0 radical (unpaired) electrons. The summed E-state index contributed by atoms with van der Waals surface area (Å²) in [5, 5.41) is 9.34. The maximum atomic E-state index is 12.7. The molecule has 0 aliphatic carbocycles. The quantitative estimate of drug-likeness (QED) is 0.460. The van der Waals surface area contributed by atoms with Gasteiger partial charge >= 0.3 is 0 Å². The molecule has 0 spiro atoms. The molecule has 30 heavy (non-hydrogen) atoms. The number of hydrogen-bond donors (Lipinski definition) is 1. The first kappa shape index (κ1) is 21.2. The Balaban J connectivity index is 1.80. The van der Waals surface area contributed by atoms with Gasteiger partial charge in [0.25, 0.3) is 11.5 Å². The number of nitrogens with zero attached hydrogens (tertiary/aromatic N) is 4. The molecule has 0 atom stereocenters. The summed E-state index contributed by atoms with van der Waals surface area (Å²) >= 11 is 0. The summed E-state index contributed by atoms with van der Waals surface area (Å²) in [7, 11) is 0. The van der Waals surface area contributed by atoms with Gasteiger partial charge in [-0.25, -0.2) is 10.1 Å². The van der Waals surface area contributed by atoms with Crippen LogP contribution in [0.1, 0.15) is 43.2 Å². The minimum atomic E-state index is -0.452. The zero-order valence-corrected chi connectivity index (χ0v) is 17.6. The minimum absolute atomic E-state index is 0.188. The number of hydrazone groups is 1. The van der Waals surface area contributed by atoms with E-state index < -0.39 is 5.91 Å². The molecular formula is C23H27N5O2. The zero-order valence-electron chi connectivity index (χ0n) is 17.6. The standard InChI is InChI=1S/C23H27N5O2/c1-4-15-28-23(30)20-10-8-7-9-19(20)21(26-28)22(29)25-24-16-17-11-13-18(14-12-17)27(5-2)6-3/h7-14,16H,4-6,15H2,1-3H3,(H,25,29)/b24-16+. The molecule has 0 bridgehead atoms. The first-order valence-corrected chi connectivity index (χ1v) is 10.3. The van der Waals surface area contributed by atoms with Gasteiger partial charge in [0.2, 0.25) is 0 Å². The van der Waals surface area contributed by atoms with Crippen molar-refractivity contribution in [1.82, 2.24) is 15.2 Å². The number of fused-ring (bicyclic) bond motifs is 1. The van der Waals surface area contributed by atoms with Gasteiger partial charge in [0.05, 0.1) is 11.6 Å². The van der Waals surface area contributed by atoms with Crippen LogP contribution >= 0.6 is 0 Å². The van der Waals surface area contributed by atoms with Gasteiger partial charge in [0, 0.05) is 30.7 Å². The predicted octanol–water partition coefficient (Wildman–Crippen LogP) is 3.42.